The zero-order chi connectivity index (χ0) is 41.2. The van der Waals surface area contributed by atoms with E-state index in [1.165, 1.54) is 52.0 Å². The molecular formula is C44H28F4N10O2. The molecule has 0 unspecified atom stereocenters. The fourth-order valence-corrected chi connectivity index (χ4v) is 7.66. The number of benzene rings is 4. The summed E-state index contributed by atoms with van der Waals surface area (Å²) in [4.78, 5) is 42.7. The van der Waals surface area contributed by atoms with Gasteiger partial charge < -0.3 is 0 Å². The van der Waals surface area contributed by atoms with Gasteiger partial charge in [-0.05, 0) is 70.8 Å². The average molecular weight is 805 g/mol. The molecule has 10 aromatic rings. The number of aromatic nitrogens is 10. The van der Waals surface area contributed by atoms with E-state index in [0.717, 1.165) is 23.3 Å². The van der Waals surface area contributed by atoms with Gasteiger partial charge in [0, 0.05) is 59.3 Å². The van der Waals surface area contributed by atoms with Gasteiger partial charge in [-0.1, -0.05) is 18.2 Å². The molecule has 0 saturated heterocycles. The maximum Gasteiger partial charge on any atom is 0.269 e. The molecule has 0 aliphatic carbocycles. The molecule has 0 spiro atoms. The first-order chi connectivity index (χ1) is 29.1. The van der Waals surface area contributed by atoms with Gasteiger partial charge in [0.1, 0.15) is 23.3 Å². The summed E-state index contributed by atoms with van der Waals surface area (Å²) < 4.78 is 68.6. The van der Waals surface area contributed by atoms with E-state index in [0.29, 0.717) is 49.7 Å². The van der Waals surface area contributed by atoms with E-state index in [1.54, 1.807) is 71.3 Å². The summed E-state index contributed by atoms with van der Waals surface area (Å²) in [7, 11) is 1.79. The van der Waals surface area contributed by atoms with Crippen molar-refractivity contribution in [1.82, 2.24) is 48.6 Å². The predicted octanol–water partition coefficient (Wildman–Crippen LogP) is 7.17. The number of halogens is 4. The summed E-state index contributed by atoms with van der Waals surface area (Å²) in [5.41, 5.74) is 3.26. The maximum absolute atomic E-state index is 15.7. The Hall–Kier alpha value is -7.88. The van der Waals surface area contributed by atoms with Gasteiger partial charge in [-0.3, -0.25) is 38.1 Å². The van der Waals surface area contributed by atoms with E-state index in [4.69, 9.17) is 5.10 Å². The zero-order valence-corrected chi connectivity index (χ0v) is 31.4. The molecule has 0 radical (unpaired) electrons. The van der Waals surface area contributed by atoms with Crippen molar-refractivity contribution in [2.45, 2.75) is 19.6 Å². The first-order valence-electron chi connectivity index (χ1n) is 18.6. The molecule has 294 valence electrons. The number of pyridine rings is 2. The second kappa shape index (κ2) is 14.2. The van der Waals surface area contributed by atoms with Crippen LogP contribution in [0, 0.1) is 23.3 Å². The quantitative estimate of drug-likeness (QED) is 0.148. The SMILES string of the molecule is Cn1cc2cc(-c3cc(F)c(Cn4c(=O)cnc5c(Cn6cc7c(-c8cc(F)c(Cn9c(=O)cnc%10ccncc%109)c(F)c8)cccc7n6)cncc54)c(F)c3)ccc2n1. The van der Waals surface area contributed by atoms with Gasteiger partial charge in [-0.25, -0.2) is 27.5 Å². The Bertz CT molecular complexity index is 3460. The highest BCUT2D eigenvalue weighted by atomic mass is 19.1. The van der Waals surface area contributed by atoms with Gasteiger partial charge in [0.2, 0.25) is 0 Å². The molecule has 0 bridgehead atoms. The summed E-state index contributed by atoms with van der Waals surface area (Å²) in [6, 6.07) is 17.1. The maximum atomic E-state index is 15.7. The first-order valence-corrected chi connectivity index (χ1v) is 18.6. The molecule has 0 fully saturated rings. The van der Waals surface area contributed by atoms with Crippen molar-refractivity contribution < 1.29 is 17.6 Å². The molecule has 60 heavy (non-hydrogen) atoms. The molecule has 0 amide bonds. The Morgan fingerprint density at radius 2 is 1.27 bits per heavy atom. The van der Waals surface area contributed by atoms with Gasteiger partial charge in [0.15, 0.2) is 0 Å². The molecular weight excluding hydrogens is 777 g/mol. The highest BCUT2D eigenvalue weighted by Crippen LogP contribution is 2.32. The van der Waals surface area contributed by atoms with E-state index in [2.05, 4.69) is 25.0 Å². The third-order valence-electron chi connectivity index (χ3n) is 10.6. The minimum Gasteiger partial charge on any atom is -0.299 e. The van der Waals surface area contributed by atoms with Crippen LogP contribution in [0.1, 0.15) is 16.7 Å². The topological polar surface area (TPSA) is 131 Å². The van der Waals surface area contributed by atoms with Crippen molar-refractivity contribution in [3.8, 4) is 22.3 Å². The second-order valence-electron chi connectivity index (χ2n) is 14.4. The van der Waals surface area contributed by atoms with Crippen molar-refractivity contribution in [2.24, 2.45) is 7.05 Å². The van der Waals surface area contributed by atoms with Crippen molar-refractivity contribution in [3.63, 3.8) is 0 Å². The molecule has 12 nitrogen and oxygen atoms in total. The minimum absolute atomic E-state index is 0.119. The fraction of sp³-hybridized carbons (Fsp3) is 0.0909. The predicted molar refractivity (Wildman–Crippen MR) is 216 cm³/mol. The zero-order valence-electron chi connectivity index (χ0n) is 31.4. The summed E-state index contributed by atoms with van der Waals surface area (Å²) in [5, 5.41) is 10.5. The van der Waals surface area contributed by atoms with Crippen molar-refractivity contribution >= 4 is 43.9 Å². The van der Waals surface area contributed by atoms with Crippen LogP contribution in [-0.4, -0.2) is 48.6 Å². The van der Waals surface area contributed by atoms with Crippen molar-refractivity contribution in [1.29, 1.82) is 0 Å². The molecule has 0 aliphatic rings. The molecule has 0 saturated carbocycles. The lowest BCUT2D eigenvalue weighted by Gasteiger charge is -2.14. The van der Waals surface area contributed by atoms with Crippen LogP contribution in [0.3, 0.4) is 0 Å². The van der Waals surface area contributed by atoms with E-state index >= 15 is 17.6 Å². The van der Waals surface area contributed by atoms with Gasteiger partial charge in [-0.2, -0.15) is 10.2 Å². The molecule has 6 heterocycles. The van der Waals surface area contributed by atoms with Crippen LogP contribution in [-0.2, 0) is 26.7 Å². The third-order valence-corrected chi connectivity index (χ3v) is 10.6. The van der Waals surface area contributed by atoms with Gasteiger partial charge >= 0.3 is 0 Å². The van der Waals surface area contributed by atoms with Crippen LogP contribution >= 0.6 is 0 Å². The van der Waals surface area contributed by atoms with E-state index in [1.807, 2.05) is 6.20 Å². The largest absolute Gasteiger partial charge is 0.299 e. The number of rotatable bonds is 8. The second-order valence-corrected chi connectivity index (χ2v) is 14.4. The monoisotopic (exact) mass is 804 g/mol. The highest BCUT2D eigenvalue weighted by Gasteiger charge is 2.20. The van der Waals surface area contributed by atoms with E-state index in [-0.39, 0.29) is 35.3 Å². The normalized spacial score (nSPS) is 11.8. The summed E-state index contributed by atoms with van der Waals surface area (Å²) in [6.45, 7) is -0.671. The Kier molecular flexibility index (Phi) is 8.62. The van der Waals surface area contributed by atoms with E-state index in [9.17, 15) is 9.59 Å². The number of nitrogens with zero attached hydrogens (tertiary/aromatic N) is 10. The van der Waals surface area contributed by atoms with Crippen molar-refractivity contribution in [3.05, 3.63) is 177 Å². The molecule has 6 aromatic heterocycles. The standard InChI is InChI=1S/C44H28F4N10O2/c1-55-19-27-9-24(5-6-37(27)53-55)25-10-33(45)32(34(46)11-25)23-58-41-16-50-14-28(44(41)52-18-43(58)60)20-56-21-30-29(3-2-4-38(30)54-56)26-12-35(47)31(36(48)13-26)22-57-40-15-49-8-7-39(40)51-17-42(57)59/h2-19,21H,20,22-23H2,1H3. The lowest BCUT2D eigenvalue weighted by molar-refractivity contribution is 0.544. The Morgan fingerprint density at radius 1 is 0.583 bits per heavy atom. The average Bonchev–Trinajstić information content (AvgIpc) is 3.83. The number of fused-ring (bicyclic) bond motifs is 4. The van der Waals surface area contributed by atoms with Crippen LogP contribution < -0.4 is 11.1 Å². The van der Waals surface area contributed by atoms with Crippen LogP contribution in [0.2, 0.25) is 0 Å². The lowest BCUT2D eigenvalue weighted by atomic mass is 9.99. The van der Waals surface area contributed by atoms with Crippen LogP contribution in [0.5, 0.6) is 0 Å². The smallest absolute Gasteiger partial charge is 0.269 e. The minimum atomic E-state index is -0.840. The fourth-order valence-electron chi connectivity index (χ4n) is 7.66. The Labute approximate surface area is 335 Å². The lowest BCUT2D eigenvalue weighted by Crippen LogP contribution is -2.23. The molecule has 4 aromatic carbocycles. The van der Waals surface area contributed by atoms with E-state index < -0.39 is 40.9 Å². The number of hydrogen-bond acceptors (Lipinski definition) is 8. The highest BCUT2D eigenvalue weighted by molar-refractivity contribution is 5.94. The summed E-state index contributed by atoms with van der Waals surface area (Å²) >= 11 is 0. The number of aryl methyl sites for hydroxylation is 1. The number of hydrogen-bond donors (Lipinski definition) is 0. The van der Waals surface area contributed by atoms with Gasteiger partial charge in [0.25, 0.3) is 11.1 Å². The van der Waals surface area contributed by atoms with Gasteiger partial charge in [-0.15, -0.1) is 0 Å². The molecule has 0 aliphatic heterocycles. The summed E-state index contributed by atoms with van der Waals surface area (Å²) in [5.74, 6) is -3.32. The van der Waals surface area contributed by atoms with Crippen LogP contribution in [0.4, 0.5) is 17.6 Å². The molecule has 0 atom stereocenters. The van der Waals surface area contributed by atoms with Crippen molar-refractivity contribution in [2.75, 3.05) is 0 Å². The van der Waals surface area contributed by atoms with Crippen LogP contribution in [0.15, 0.2) is 126 Å². The summed E-state index contributed by atoms with van der Waals surface area (Å²) in [6.07, 6.45) is 11.6. The van der Waals surface area contributed by atoms with Gasteiger partial charge in [0.05, 0.1) is 77.5 Å². The Morgan fingerprint density at radius 3 is 2.02 bits per heavy atom. The molecule has 16 heteroatoms. The molecule has 0 N–H and O–H groups in total. The molecule has 10 rings (SSSR count). The Balaban J connectivity index is 0.951. The third kappa shape index (κ3) is 6.34. The van der Waals surface area contributed by atoms with Crippen LogP contribution in [0.25, 0.3) is 66.1 Å². The first kappa shape index (κ1) is 36.5.